The molecule has 1 aliphatic heterocycles. The van der Waals surface area contributed by atoms with E-state index in [1.165, 1.54) is 0 Å². The van der Waals surface area contributed by atoms with E-state index in [-0.39, 0.29) is 12.1 Å². The van der Waals surface area contributed by atoms with Crippen LogP contribution in [-0.2, 0) is 9.47 Å². The second kappa shape index (κ2) is 6.63. The summed E-state index contributed by atoms with van der Waals surface area (Å²) >= 11 is 12.0. The summed E-state index contributed by atoms with van der Waals surface area (Å²) < 4.78 is 11.3. The first kappa shape index (κ1) is 16.1. The quantitative estimate of drug-likeness (QED) is 0.883. The molecular weight excluding hydrogens is 297 g/mol. The average molecular weight is 318 g/mol. The van der Waals surface area contributed by atoms with Crippen LogP contribution in [-0.4, -0.2) is 25.0 Å². The first-order chi connectivity index (χ1) is 9.41. The third-order valence-electron chi connectivity index (χ3n) is 3.41. The molecule has 20 heavy (non-hydrogen) atoms. The highest BCUT2D eigenvalue weighted by Crippen LogP contribution is 2.27. The van der Waals surface area contributed by atoms with Gasteiger partial charge in [0.2, 0.25) is 0 Å². The summed E-state index contributed by atoms with van der Waals surface area (Å²) in [6, 6.07) is 5.99. The third-order valence-corrected chi connectivity index (χ3v) is 4.15. The Morgan fingerprint density at radius 1 is 1.35 bits per heavy atom. The monoisotopic (exact) mass is 317 g/mol. The molecule has 2 rings (SSSR count). The second-order valence-corrected chi connectivity index (χ2v) is 6.31. The van der Waals surface area contributed by atoms with Crippen LogP contribution < -0.4 is 5.32 Å². The molecule has 1 aromatic rings. The molecule has 0 radical (unpaired) electrons. The van der Waals surface area contributed by atoms with Crippen molar-refractivity contribution in [1.82, 2.24) is 5.32 Å². The molecular formula is C15H21Cl2NO2. The van der Waals surface area contributed by atoms with Crippen molar-refractivity contribution in [2.75, 3.05) is 13.2 Å². The molecule has 1 N–H and O–H groups in total. The predicted octanol–water partition coefficient (Wildman–Crippen LogP) is 4.19. The summed E-state index contributed by atoms with van der Waals surface area (Å²) in [4.78, 5) is 0. The lowest BCUT2D eigenvalue weighted by molar-refractivity contribution is -0.137. The first-order valence-corrected chi connectivity index (χ1v) is 7.67. The average Bonchev–Trinajstić information content (AvgIpc) is 2.74. The third kappa shape index (κ3) is 4.09. The van der Waals surface area contributed by atoms with Gasteiger partial charge in [0.1, 0.15) is 0 Å². The maximum atomic E-state index is 6.08. The molecule has 0 bridgehead atoms. The Bertz CT molecular complexity index is 465. The highest BCUT2D eigenvalue weighted by Gasteiger charge is 2.32. The van der Waals surface area contributed by atoms with Crippen molar-refractivity contribution in [1.29, 1.82) is 0 Å². The van der Waals surface area contributed by atoms with Gasteiger partial charge in [-0.3, -0.25) is 0 Å². The Balaban J connectivity index is 1.94. The number of hydrogen-bond acceptors (Lipinski definition) is 3. The fourth-order valence-corrected chi connectivity index (χ4v) is 2.67. The standard InChI is InChI=1S/C15H21Cl2NO2/c1-4-14(10-5-6-12(16)13(17)7-10)18-8-11-9-19-15(2,3)20-11/h5-7,11,14,18H,4,8-9H2,1-3H3. The van der Waals surface area contributed by atoms with E-state index in [4.69, 9.17) is 32.7 Å². The van der Waals surface area contributed by atoms with Crippen LogP contribution in [0.1, 0.15) is 38.8 Å². The summed E-state index contributed by atoms with van der Waals surface area (Å²) in [5.41, 5.74) is 1.14. The van der Waals surface area contributed by atoms with Gasteiger partial charge in [0.15, 0.2) is 5.79 Å². The molecule has 0 spiro atoms. The largest absolute Gasteiger partial charge is 0.348 e. The highest BCUT2D eigenvalue weighted by molar-refractivity contribution is 6.42. The Morgan fingerprint density at radius 3 is 2.65 bits per heavy atom. The number of nitrogens with one attached hydrogen (secondary N) is 1. The summed E-state index contributed by atoms with van der Waals surface area (Å²) in [6.45, 7) is 7.38. The normalized spacial score (nSPS) is 22.9. The van der Waals surface area contributed by atoms with E-state index in [1.54, 1.807) is 0 Å². The number of benzene rings is 1. The van der Waals surface area contributed by atoms with Crippen LogP contribution in [0.15, 0.2) is 18.2 Å². The van der Waals surface area contributed by atoms with Gasteiger partial charge in [-0.15, -0.1) is 0 Å². The minimum absolute atomic E-state index is 0.0850. The number of rotatable bonds is 5. The number of hydrogen-bond donors (Lipinski definition) is 1. The van der Waals surface area contributed by atoms with Gasteiger partial charge in [0, 0.05) is 12.6 Å². The van der Waals surface area contributed by atoms with Gasteiger partial charge >= 0.3 is 0 Å². The fraction of sp³-hybridized carbons (Fsp3) is 0.600. The summed E-state index contributed by atoms with van der Waals surface area (Å²) in [6.07, 6.45) is 1.05. The molecule has 0 amide bonds. The number of halogens is 2. The molecule has 1 saturated heterocycles. The van der Waals surface area contributed by atoms with E-state index in [2.05, 4.69) is 12.2 Å². The van der Waals surface area contributed by atoms with Crippen LogP contribution in [0.4, 0.5) is 0 Å². The van der Waals surface area contributed by atoms with Crippen LogP contribution in [0.2, 0.25) is 10.0 Å². The zero-order valence-corrected chi connectivity index (χ0v) is 13.6. The lowest BCUT2D eigenvalue weighted by Crippen LogP contribution is -2.32. The van der Waals surface area contributed by atoms with Gasteiger partial charge in [0.05, 0.1) is 22.8 Å². The van der Waals surface area contributed by atoms with Crippen LogP contribution in [0.3, 0.4) is 0 Å². The zero-order chi connectivity index (χ0) is 14.8. The van der Waals surface area contributed by atoms with Crippen molar-refractivity contribution in [3.63, 3.8) is 0 Å². The smallest absolute Gasteiger partial charge is 0.163 e. The Kier molecular flexibility index (Phi) is 5.32. The molecule has 5 heteroatoms. The minimum Gasteiger partial charge on any atom is -0.348 e. The van der Waals surface area contributed by atoms with E-state index < -0.39 is 5.79 Å². The zero-order valence-electron chi connectivity index (χ0n) is 12.1. The molecule has 2 unspecified atom stereocenters. The molecule has 1 aliphatic rings. The topological polar surface area (TPSA) is 30.5 Å². The van der Waals surface area contributed by atoms with E-state index in [1.807, 2.05) is 32.0 Å². The van der Waals surface area contributed by atoms with Crippen molar-refractivity contribution in [2.45, 2.75) is 45.1 Å². The Labute approximate surface area is 130 Å². The predicted molar refractivity (Wildman–Crippen MR) is 82.4 cm³/mol. The molecule has 3 nitrogen and oxygen atoms in total. The molecule has 1 heterocycles. The summed E-state index contributed by atoms with van der Waals surface area (Å²) in [7, 11) is 0. The molecule has 1 aromatic carbocycles. The maximum absolute atomic E-state index is 6.08. The summed E-state index contributed by atoms with van der Waals surface area (Å²) in [5.74, 6) is -0.475. The SMILES string of the molecule is CCC(NCC1COC(C)(C)O1)c1ccc(Cl)c(Cl)c1. The van der Waals surface area contributed by atoms with Crippen molar-refractivity contribution in [3.8, 4) is 0 Å². The maximum Gasteiger partial charge on any atom is 0.163 e. The van der Waals surface area contributed by atoms with Crippen LogP contribution in [0, 0.1) is 0 Å². The van der Waals surface area contributed by atoms with Crippen molar-refractivity contribution in [3.05, 3.63) is 33.8 Å². The molecule has 0 aromatic heterocycles. The van der Waals surface area contributed by atoms with Gasteiger partial charge in [-0.05, 0) is 38.0 Å². The van der Waals surface area contributed by atoms with Gasteiger partial charge in [-0.1, -0.05) is 36.2 Å². The Hall–Kier alpha value is -0.320. The van der Waals surface area contributed by atoms with Crippen molar-refractivity contribution in [2.24, 2.45) is 0 Å². The molecule has 2 atom stereocenters. The van der Waals surface area contributed by atoms with E-state index >= 15 is 0 Å². The van der Waals surface area contributed by atoms with E-state index in [0.29, 0.717) is 16.7 Å². The fourth-order valence-electron chi connectivity index (χ4n) is 2.36. The van der Waals surface area contributed by atoms with Crippen molar-refractivity contribution >= 4 is 23.2 Å². The van der Waals surface area contributed by atoms with Crippen LogP contribution >= 0.6 is 23.2 Å². The molecule has 1 fully saturated rings. The highest BCUT2D eigenvalue weighted by atomic mass is 35.5. The second-order valence-electron chi connectivity index (χ2n) is 5.49. The van der Waals surface area contributed by atoms with Gasteiger partial charge in [0.25, 0.3) is 0 Å². The van der Waals surface area contributed by atoms with Gasteiger partial charge < -0.3 is 14.8 Å². The van der Waals surface area contributed by atoms with E-state index in [0.717, 1.165) is 18.5 Å². The van der Waals surface area contributed by atoms with Crippen molar-refractivity contribution < 1.29 is 9.47 Å². The minimum atomic E-state index is -0.475. The van der Waals surface area contributed by atoms with Gasteiger partial charge in [-0.25, -0.2) is 0 Å². The van der Waals surface area contributed by atoms with Crippen LogP contribution in [0.25, 0.3) is 0 Å². The lowest BCUT2D eigenvalue weighted by atomic mass is 10.0. The first-order valence-electron chi connectivity index (χ1n) is 6.91. The molecule has 112 valence electrons. The molecule has 0 saturated carbocycles. The van der Waals surface area contributed by atoms with Crippen LogP contribution in [0.5, 0.6) is 0 Å². The van der Waals surface area contributed by atoms with E-state index in [9.17, 15) is 0 Å². The molecule has 0 aliphatic carbocycles. The van der Waals surface area contributed by atoms with Gasteiger partial charge in [-0.2, -0.15) is 0 Å². The Morgan fingerprint density at radius 2 is 2.10 bits per heavy atom. The number of ether oxygens (including phenoxy) is 2. The summed E-state index contributed by atoms with van der Waals surface area (Å²) in [5, 5.41) is 4.68. The lowest BCUT2D eigenvalue weighted by Gasteiger charge is -2.21.